The number of halogens is 1. The van der Waals surface area contributed by atoms with Crippen molar-refractivity contribution in [3.63, 3.8) is 0 Å². The molecule has 2 aromatic heterocycles. The first kappa shape index (κ1) is 9.97. The van der Waals surface area contributed by atoms with Gasteiger partial charge in [0, 0.05) is 5.56 Å². The van der Waals surface area contributed by atoms with E-state index in [4.69, 9.17) is 0 Å². The molecule has 0 bridgehead atoms. The van der Waals surface area contributed by atoms with Gasteiger partial charge in [-0.2, -0.15) is 9.61 Å². The van der Waals surface area contributed by atoms with Crippen molar-refractivity contribution in [2.45, 2.75) is 0 Å². The third-order valence-electron chi connectivity index (χ3n) is 2.08. The Kier molecular flexibility index (Phi) is 2.28. The van der Waals surface area contributed by atoms with Crippen LogP contribution >= 0.6 is 33.9 Å². The van der Waals surface area contributed by atoms with Crippen LogP contribution in [0.1, 0.15) is 0 Å². The minimum atomic E-state index is 0.268. The molecule has 0 saturated carbocycles. The van der Waals surface area contributed by atoms with Crippen LogP contribution in [0.3, 0.4) is 0 Å². The summed E-state index contributed by atoms with van der Waals surface area (Å²) >= 11 is 3.52. The fourth-order valence-corrected chi connectivity index (χ4v) is 2.47. The van der Waals surface area contributed by atoms with Crippen molar-refractivity contribution in [3.8, 4) is 16.3 Å². The van der Waals surface area contributed by atoms with E-state index in [9.17, 15) is 5.11 Å². The first-order chi connectivity index (χ1) is 7.74. The molecule has 1 N–H and O–H groups in total. The molecule has 0 saturated heterocycles. The average Bonchev–Trinajstić information content (AvgIpc) is 2.81. The molecule has 3 aromatic rings. The van der Waals surface area contributed by atoms with E-state index >= 15 is 0 Å². The normalized spacial score (nSPS) is 11.1. The lowest BCUT2D eigenvalue weighted by Crippen LogP contribution is -1.83. The van der Waals surface area contributed by atoms with Gasteiger partial charge >= 0.3 is 0 Å². The summed E-state index contributed by atoms with van der Waals surface area (Å²) < 4.78 is 2.44. The Bertz CT molecular complexity index is 634. The molecule has 16 heavy (non-hydrogen) atoms. The molecule has 1 aromatic carbocycles. The molecule has 5 nitrogen and oxygen atoms in total. The van der Waals surface area contributed by atoms with E-state index in [1.54, 1.807) is 16.9 Å². The van der Waals surface area contributed by atoms with Crippen molar-refractivity contribution in [1.29, 1.82) is 0 Å². The zero-order chi connectivity index (χ0) is 11.1. The summed E-state index contributed by atoms with van der Waals surface area (Å²) in [6, 6.07) is 5.48. The smallest absolute Gasteiger partial charge is 0.234 e. The summed E-state index contributed by atoms with van der Waals surface area (Å²) in [6.07, 6.45) is 1.56. The summed E-state index contributed by atoms with van der Waals surface area (Å²) in [7, 11) is 0. The van der Waals surface area contributed by atoms with Crippen LogP contribution in [0.4, 0.5) is 0 Å². The number of rotatable bonds is 1. The van der Waals surface area contributed by atoms with Gasteiger partial charge in [0.15, 0.2) is 0 Å². The van der Waals surface area contributed by atoms with Crippen molar-refractivity contribution in [2.75, 3.05) is 0 Å². The second-order valence-electron chi connectivity index (χ2n) is 3.13. The van der Waals surface area contributed by atoms with Crippen molar-refractivity contribution in [2.24, 2.45) is 0 Å². The lowest BCUT2D eigenvalue weighted by Gasteiger charge is -1.98. The molecule has 0 unspecified atom stereocenters. The van der Waals surface area contributed by atoms with Crippen molar-refractivity contribution in [3.05, 3.63) is 28.1 Å². The second kappa shape index (κ2) is 3.67. The maximum absolute atomic E-state index is 9.62. The van der Waals surface area contributed by atoms with Crippen LogP contribution in [-0.4, -0.2) is 24.9 Å². The molecular weight excluding hydrogens is 339 g/mol. The molecule has 3 rings (SSSR count). The molecule has 0 atom stereocenters. The van der Waals surface area contributed by atoms with Gasteiger partial charge < -0.3 is 5.11 Å². The first-order valence-corrected chi connectivity index (χ1v) is 6.29. The Morgan fingerprint density at radius 1 is 1.38 bits per heavy atom. The summed E-state index contributed by atoms with van der Waals surface area (Å²) in [5.41, 5.74) is 0.883. The topological polar surface area (TPSA) is 63.3 Å². The predicted molar refractivity (Wildman–Crippen MR) is 68.5 cm³/mol. The van der Waals surface area contributed by atoms with Gasteiger partial charge in [-0.1, -0.05) is 17.4 Å². The van der Waals surface area contributed by atoms with E-state index in [0.29, 0.717) is 0 Å². The standard InChI is InChI=1S/C9H5IN4OS/c10-6-2-1-5(3-7(6)15)8-13-14-4-11-12-9(14)16-8/h1-4,15H. The number of hydrogen-bond acceptors (Lipinski definition) is 5. The van der Waals surface area contributed by atoms with Crippen LogP contribution in [0.15, 0.2) is 24.5 Å². The Morgan fingerprint density at radius 3 is 3.00 bits per heavy atom. The molecule has 0 radical (unpaired) electrons. The number of nitrogens with zero attached hydrogens (tertiary/aromatic N) is 4. The van der Waals surface area contributed by atoms with Crippen LogP contribution in [-0.2, 0) is 0 Å². The van der Waals surface area contributed by atoms with Gasteiger partial charge in [0.25, 0.3) is 0 Å². The maximum Gasteiger partial charge on any atom is 0.234 e. The van der Waals surface area contributed by atoms with E-state index in [0.717, 1.165) is 19.1 Å². The Morgan fingerprint density at radius 2 is 2.25 bits per heavy atom. The van der Waals surface area contributed by atoms with E-state index in [2.05, 4.69) is 37.9 Å². The Hall–Kier alpha value is -1.22. The summed E-state index contributed by atoms with van der Waals surface area (Å²) in [5, 5.41) is 22.4. The number of aromatic hydroxyl groups is 1. The van der Waals surface area contributed by atoms with E-state index < -0.39 is 0 Å². The van der Waals surface area contributed by atoms with E-state index in [-0.39, 0.29) is 5.75 Å². The van der Waals surface area contributed by atoms with Gasteiger partial charge in [-0.05, 0) is 34.7 Å². The molecule has 0 aliphatic rings. The van der Waals surface area contributed by atoms with Gasteiger partial charge in [0.2, 0.25) is 4.96 Å². The minimum absolute atomic E-state index is 0.268. The van der Waals surface area contributed by atoms with Crippen LogP contribution in [0.5, 0.6) is 5.75 Å². The molecular formula is C9H5IN4OS. The highest BCUT2D eigenvalue weighted by Gasteiger charge is 2.09. The van der Waals surface area contributed by atoms with Gasteiger partial charge in [0.1, 0.15) is 17.1 Å². The lowest BCUT2D eigenvalue weighted by molar-refractivity contribution is 0.472. The fourth-order valence-electron chi connectivity index (χ4n) is 1.32. The molecule has 0 amide bonds. The van der Waals surface area contributed by atoms with Crippen LogP contribution in [0, 0.1) is 3.57 Å². The van der Waals surface area contributed by atoms with Gasteiger partial charge in [-0.25, -0.2) is 0 Å². The highest BCUT2D eigenvalue weighted by molar-refractivity contribution is 14.1. The van der Waals surface area contributed by atoms with E-state index in [1.165, 1.54) is 11.3 Å². The molecule has 0 spiro atoms. The summed E-state index contributed by atoms with van der Waals surface area (Å²) in [6.45, 7) is 0. The van der Waals surface area contributed by atoms with Crippen LogP contribution < -0.4 is 0 Å². The number of hydrogen-bond donors (Lipinski definition) is 1. The molecule has 0 aliphatic carbocycles. The zero-order valence-electron chi connectivity index (χ0n) is 7.83. The Balaban J connectivity index is 2.15. The fraction of sp³-hybridized carbons (Fsp3) is 0. The van der Waals surface area contributed by atoms with Gasteiger partial charge in [-0.3, -0.25) is 0 Å². The average molecular weight is 344 g/mol. The molecule has 2 heterocycles. The largest absolute Gasteiger partial charge is 0.507 e. The second-order valence-corrected chi connectivity index (χ2v) is 5.25. The molecule has 0 aliphatic heterocycles. The highest BCUT2D eigenvalue weighted by Crippen LogP contribution is 2.29. The minimum Gasteiger partial charge on any atom is -0.507 e. The third kappa shape index (κ3) is 1.55. The molecule has 7 heteroatoms. The quantitative estimate of drug-likeness (QED) is 0.688. The molecule has 80 valence electrons. The zero-order valence-corrected chi connectivity index (χ0v) is 10.8. The lowest BCUT2D eigenvalue weighted by atomic mass is 10.2. The van der Waals surface area contributed by atoms with Crippen molar-refractivity contribution < 1.29 is 5.11 Å². The SMILES string of the molecule is Oc1cc(-c2nn3cnnc3s2)ccc1I. The first-order valence-electron chi connectivity index (χ1n) is 4.40. The maximum atomic E-state index is 9.62. The predicted octanol–water partition coefficient (Wildman–Crippen LogP) is 2.16. The summed E-state index contributed by atoms with van der Waals surface area (Å²) in [4.78, 5) is 0.744. The highest BCUT2D eigenvalue weighted by atomic mass is 127. The Labute approximate surface area is 108 Å². The number of phenolic OH excluding ortho intramolecular Hbond substituents is 1. The van der Waals surface area contributed by atoms with Crippen molar-refractivity contribution in [1.82, 2.24) is 19.8 Å². The summed E-state index contributed by atoms with van der Waals surface area (Å²) in [5.74, 6) is 0.268. The van der Waals surface area contributed by atoms with Crippen LogP contribution in [0.25, 0.3) is 15.5 Å². The van der Waals surface area contributed by atoms with E-state index in [1.807, 2.05) is 12.1 Å². The third-order valence-corrected chi connectivity index (χ3v) is 3.95. The van der Waals surface area contributed by atoms with Crippen molar-refractivity contribution >= 4 is 38.9 Å². The van der Waals surface area contributed by atoms with Gasteiger partial charge in [-0.15, -0.1) is 10.2 Å². The monoisotopic (exact) mass is 344 g/mol. The number of phenols is 1. The molecule has 0 fully saturated rings. The number of fused-ring (bicyclic) bond motifs is 1. The van der Waals surface area contributed by atoms with Crippen LogP contribution in [0.2, 0.25) is 0 Å². The number of aromatic nitrogens is 4. The number of benzene rings is 1. The van der Waals surface area contributed by atoms with Gasteiger partial charge in [0.05, 0.1) is 3.57 Å².